The van der Waals surface area contributed by atoms with Crippen molar-refractivity contribution in [3.05, 3.63) is 21.6 Å². The smallest absolute Gasteiger partial charge is 0.287 e. The summed E-state index contributed by atoms with van der Waals surface area (Å²) in [5.74, 6) is 0.365. The molecule has 19 heavy (non-hydrogen) atoms. The van der Waals surface area contributed by atoms with Crippen molar-refractivity contribution in [3.63, 3.8) is 0 Å². The van der Waals surface area contributed by atoms with Crippen LogP contribution in [0.4, 0.5) is 5.69 Å². The average Bonchev–Trinajstić information content (AvgIpc) is 2.39. The van der Waals surface area contributed by atoms with Gasteiger partial charge in [-0.3, -0.25) is 4.79 Å². The molecule has 0 spiro atoms. The van der Waals surface area contributed by atoms with E-state index in [1.807, 2.05) is 13.8 Å². The number of anilines is 1. The van der Waals surface area contributed by atoms with Crippen LogP contribution in [0, 0.1) is 5.92 Å². The Morgan fingerprint density at radius 2 is 2.21 bits per heavy atom. The Labute approximate surface area is 118 Å². The number of piperidine rings is 1. The van der Waals surface area contributed by atoms with Gasteiger partial charge in [-0.05, 0) is 31.8 Å². The number of hydrogen-bond acceptors (Lipinski definition) is 4. The lowest BCUT2D eigenvalue weighted by molar-refractivity contribution is 0.461. The highest BCUT2D eigenvalue weighted by Gasteiger charge is 2.16. The van der Waals surface area contributed by atoms with E-state index >= 15 is 0 Å². The molecule has 1 saturated heterocycles. The van der Waals surface area contributed by atoms with Gasteiger partial charge in [0.05, 0.1) is 11.9 Å². The van der Waals surface area contributed by atoms with Crippen molar-refractivity contribution in [2.24, 2.45) is 5.92 Å². The maximum atomic E-state index is 12.1. The van der Waals surface area contributed by atoms with Crippen LogP contribution in [-0.4, -0.2) is 28.9 Å². The molecule has 1 aliphatic rings. The van der Waals surface area contributed by atoms with Gasteiger partial charge in [0, 0.05) is 12.6 Å². The third kappa shape index (κ3) is 3.70. The average molecular weight is 285 g/mol. The van der Waals surface area contributed by atoms with Gasteiger partial charge < -0.3 is 10.6 Å². The standard InChI is InChI=1S/C13H21ClN4O/c1-9(2)8-18-13(19)12(14)11(7-16-18)17-10-3-5-15-6-4-10/h7,9-10,15,17H,3-6,8H2,1-2H3. The molecule has 1 aromatic heterocycles. The highest BCUT2D eigenvalue weighted by molar-refractivity contribution is 6.32. The van der Waals surface area contributed by atoms with Gasteiger partial charge in [-0.2, -0.15) is 5.10 Å². The molecule has 106 valence electrons. The summed E-state index contributed by atoms with van der Waals surface area (Å²) in [6.45, 7) is 6.67. The summed E-state index contributed by atoms with van der Waals surface area (Å²) < 4.78 is 1.43. The van der Waals surface area contributed by atoms with E-state index < -0.39 is 0 Å². The van der Waals surface area contributed by atoms with Crippen molar-refractivity contribution in [1.82, 2.24) is 15.1 Å². The lowest BCUT2D eigenvalue weighted by Gasteiger charge is -2.25. The van der Waals surface area contributed by atoms with Gasteiger partial charge in [0.2, 0.25) is 0 Å². The molecule has 5 nitrogen and oxygen atoms in total. The molecule has 0 radical (unpaired) electrons. The number of nitrogens with zero attached hydrogens (tertiary/aromatic N) is 2. The van der Waals surface area contributed by atoms with Gasteiger partial charge in [-0.1, -0.05) is 25.4 Å². The largest absolute Gasteiger partial charge is 0.380 e. The van der Waals surface area contributed by atoms with Crippen LogP contribution in [0.15, 0.2) is 11.0 Å². The Balaban J connectivity index is 2.13. The van der Waals surface area contributed by atoms with Crippen molar-refractivity contribution in [2.45, 2.75) is 39.3 Å². The SMILES string of the molecule is CC(C)Cn1ncc(NC2CCNCC2)c(Cl)c1=O. The van der Waals surface area contributed by atoms with Crippen molar-refractivity contribution in [3.8, 4) is 0 Å². The summed E-state index contributed by atoms with van der Waals surface area (Å²) >= 11 is 6.15. The molecule has 0 unspecified atom stereocenters. The molecule has 0 saturated carbocycles. The fraction of sp³-hybridized carbons (Fsp3) is 0.692. The molecule has 2 rings (SSSR count). The van der Waals surface area contributed by atoms with Gasteiger partial charge >= 0.3 is 0 Å². The number of rotatable bonds is 4. The molecular formula is C13H21ClN4O. The lowest BCUT2D eigenvalue weighted by Crippen LogP contribution is -2.36. The lowest BCUT2D eigenvalue weighted by atomic mass is 10.1. The summed E-state index contributed by atoms with van der Waals surface area (Å²) in [6, 6.07) is 0.362. The predicted molar refractivity (Wildman–Crippen MR) is 77.9 cm³/mol. The van der Waals surface area contributed by atoms with Gasteiger partial charge in [0.1, 0.15) is 5.02 Å². The first-order valence-corrected chi connectivity index (χ1v) is 7.18. The molecule has 0 aromatic carbocycles. The van der Waals surface area contributed by atoms with Crippen LogP contribution in [0.5, 0.6) is 0 Å². The minimum absolute atomic E-state index is 0.214. The van der Waals surface area contributed by atoms with E-state index in [2.05, 4.69) is 15.7 Å². The molecule has 1 fully saturated rings. The van der Waals surface area contributed by atoms with E-state index in [-0.39, 0.29) is 10.6 Å². The van der Waals surface area contributed by atoms with E-state index in [1.54, 1.807) is 6.20 Å². The number of nitrogens with one attached hydrogen (secondary N) is 2. The zero-order valence-electron chi connectivity index (χ0n) is 11.4. The van der Waals surface area contributed by atoms with Crippen LogP contribution >= 0.6 is 11.6 Å². The summed E-state index contributed by atoms with van der Waals surface area (Å²) in [5.41, 5.74) is 0.438. The highest BCUT2D eigenvalue weighted by atomic mass is 35.5. The van der Waals surface area contributed by atoms with Gasteiger partial charge in [0.25, 0.3) is 5.56 Å². The number of halogens is 1. The van der Waals surface area contributed by atoms with Crippen molar-refractivity contribution >= 4 is 17.3 Å². The third-order valence-electron chi connectivity index (χ3n) is 3.22. The fourth-order valence-electron chi connectivity index (χ4n) is 2.23. The van der Waals surface area contributed by atoms with Gasteiger partial charge in [-0.15, -0.1) is 0 Å². The van der Waals surface area contributed by atoms with Gasteiger partial charge in [-0.25, -0.2) is 4.68 Å². The Bertz CT molecular complexity index is 480. The summed E-state index contributed by atoms with van der Waals surface area (Å²) in [7, 11) is 0. The molecule has 0 aliphatic carbocycles. The van der Waals surface area contributed by atoms with E-state index in [0.29, 0.717) is 24.2 Å². The molecule has 0 atom stereocenters. The van der Waals surface area contributed by atoms with Crippen LogP contribution < -0.4 is 16.2 Å². The first-order valence-electron chi connectivity index (χ1n) is 6.81. The molecule has 1 aliphatic heterocycles. The molecule has 1 aromatic rings. The zero-order valence-corrected chi connectivity index (χ0v) is 12.2. The van der Waals surface area contributed by atoms with Gasteiger partial charge in [0.15, 0.2) is 0 Å². The zero-order chi connectivity index (χ0) is 13.8. The van der Waals surface area contributed by atoms with Crippen molar-refractivity contribution in [1.29, 1.82) is 0 Å². The summed E-state index contributed by atoms with van der Waals surface area (Å²) in [5, 5.41) is 11.1. The van der Waals surface area contributed by atoms with Crippen LogP contribution in [-0.2, 0) is 6.54 Å². The van der Waals surface area contributed by atoms with E-state index in [0.717, 1.165) is 25.9 Å². The van der Waals surface area contributed by atoms with Crippen molar-refractivity contribution < 1.29 is 0 Å². The Hall–Kier alpha value is -1.07. The monoisotopic (exact) mass is 284 g/mol. The first-order chi connectivity index (χ1) is 9.08. The normalized spacial score (nSPS) is 16.8. The second-order valence-electron chi connectivity index (χ2n) is 5.42. The van der Waals surface area contributed by atoms with E-state index in [1.165, 1.54) is 4.68 Å². The topological polar surface area (TPSA) is 59.0 Å². The minimum atomic E-state index is -0.214. The molecule has 2 N–H and O–H groups in total. The Morgan fingerprint density at radius 3 is 2.84 bits per heavy atom. The van der Waals surface area contributed by atoms with Crippen LogP contribution in [0.1, 0.15) is 26.7 Å². The van der Waals surface area contributed by atoms with E-state index in [4.69, 9.17) is 11.6 Å². The molecular weight excluding hydrogens is 264 g/mol. The maximum Gasteiger partial charge on any atom is 0.287 e. The highest BCUT2D eigenvalue weighted by Crippen LogP contribution is 2.19. The number of hydrogen-bond donors (Lipinski definition) is 2. The second-order valence-corrected chi connectivity index (χ2v) is 5.80. The summed E-state index contributed by atoms with van der Waals surface area (Å²) in [6.07, 6.45) is 3.73. The quantitative estimate of drug-likeness (QED) is 0.884. The molecule has 2 heterocycles. The molecule has 6 heteroatoms. The molecule has 0 amide bonds. The minimum Gasteiger partial charge on any atom is -0.380 e. The molecule has 0 bridgehead atoms. The van der Waals surface area contributed by atoms with Crippen molar-refractivity contribution in [2.75, 3.05) is 18.4 Å². The maximum absolute atomic E-state index is 12.1. The van der Waals surface area contributed by atoms with E-state index in [9.17, 15) is 4.79 Å². The Morgan fingerprint density at radius 1 is 1.53 bits per heavy atom. The van der Waals surface area contributed by atoms with Crippen LogP contribution in [0.25, 0.3) is 0 Å². The first kappa shape index (κ1) is 14.3. The Kier molecular flexibility index (Phi) is 4.82. The second kappa shape index (κ2) is 6.39. The van der Waals surface area contributed by atoms with Crippen LogP contribution in [0.2, 0.25) is 5.02 Å². The third-order valence-corrected chi connectivity index (χ3v) is 3.59. The van der Waals surface area contributed by atoms with Crippen LogP contribution in [0.3, 0.4) is 0 Å². The number of aromatic nitrogens is 2. The summed E-state index contributed by atoms with van der Waals surface area (Å²) in [4.78, 5) is 12.1. The predicted octanol–water partition coefficient (Wildman–Crippen LogP) is 1.72. The fourth-order valence-corrected chi connectivity index (χ4v) is 2.43.